The molecular formula is C19H36N2O2. The Labute approximate surface area is 142 Å². The fourth-order valence-corrected chi connectivity index (χ4v) is 4.07. The van der Waals surface area contributed by atoms with E-state index in [1.807, 2.05) is 25.7 Å². The monoisotopic (exact) mass is 324 g/mol. The van der Waals surface area contributed by atoms with E-state index in [-0.39, 0.29) is 6.09 Å². The third-order valence-corrected chi connectivity index (χ3v) is 5.20. The van der Waals surface area contributed by atoms with E-state index in [1.165, 1.54) is 32.1 Å². The molecule has 0 radical (unpaired) electrons. The van der Waals surface area contributed by atoms with Crippen molar-refractivity contribution >= 4 is 6.09 Å². The van der Waals surface area contributed by atoms with Gasteiger partial charge in [-0.05, 0) is 58.3 Å². The number of rotatable bonds is 3. The normalized spacial score (nSPS) is 29.7. The minimum absolute atomic E-state index is 0.159. The second-order valence-corrected chi connectivity index (χ2v) is 8.73. The van der Waals surface area contributed by atoms with Crippen LogP contribution < -0.4 is 5.32 Å². The van der Waals surface area contributed by atoms with Gasteiger partial charge < -0.3 is 15.0 Å². The molecule has 0 aromatic rings. The van der Waals surface area contributed by atoms with Crippen molar-refractivity contribution in [3.8, 4) is 0 Å². The molecule has 1 amide bonds. The number of nitrogens with zero attached hydrogens (tertiary/aromatic N) is 1. The van der Waals surface area contributed by atoms with Gasteiger partial charge in [-0.2, -0.15) is 0 Å². The van der Waals surface area contributed by atoms with E-state index >= 15 is 0 Å². The van der Waals surface area contributed by atoms with Crippen molar-refractivity contribution in [3.05, 3.63) is 0 Å². The lowest BCUT2D eigenvalue weighted by Gasteiger charge is -2.40. The number of hydrogen-bond acceptors (Lipinski definition) is 3. The van der Waals surface area contributed by atoms with Crippen molar-refractivity contribution in [2.24, 2.45) is 11.8 Å². The van der Waals surface area contributed by atoms with E-state index < -0.39 is 5.60 Å². The van der Waals surface area contributed by atoms with Crippen LogP contribution in [0.3, 0.4) is 0 Å². The van der Waals surface area contributed by atoms with Gasteiger partial charge in [0.2, 0.25) is 0 Å². The summed E-state index contributed by atoms with van der Waals surface area (Å²) in [5.74, 6) is 1.51. The van der Waals surface area contributed by atoms with Crippen LogP contribution in [0.2, 0.25) is 0 Å². The smallest absolute Gasteiger partial charge is 0.410 e. The molecule has 4 nitrogen and oxygen atoms in total. The molecule has 1 saturated heterocycles. The maximum absolute atomic E-state index is 12.3. The topological polar surface area (TPSA) is 41.6 Å². The van der Waals surface area contributed by atoms with Crippen molar-refractivity contribution in [1.82, 2.24) is 10.2 Å². The number of carbonyl (C=O) groups is 1. The molecule has 0 spiro atoms. The molecule has 1 aliphatic heterocycles. The largest absolute Gasteiger partial charge is 0.444 e. The number of nitrogens with one attached hydrogen (secondary N) is 1. The lowest BCUT2D eigenvalue weighted by molar-refractivity contribution is 0.0174. The number of likely N-dealkylation sites (tertiary alicyclic amines) is 1. The Morgan fingerprint density at radius 3 is 2.48 bits per heavy atom. The highest BCUT2D eigenvalue weighted by Gasteiger charge is 2.32. The van der Waals surface area contributed by atoms with Crippen LogP contribution in [-0.4, -0.2) is 41.8 Å². The Hall–Kier alpha value is -0.770. The highest BCUT2D eigenvalue weighted by molar-refractivity contribution is 5.68. The van der Waals surface area contributed by atoms with E-state index in [4.69, 9.17) is 4.74 Å². The zero-order chi connectivity index (χ0) is 17.0. The predicted octanol–water partition coefficient (Wildman–Crippen LogP) is 4.19. The average Bonchev–Trinajstić information content (AvgIpc) is 2.46. The van der Waals surface area contributed by atoms with Gasteiger partial charge in [0.15, 0.2) is 0 Å². The summed E-state index contributed by atoms with van der Waals surface area (Å²) >= 11 is 0. The summed E-state index contributed by atoms with van der Waals surface area (Å²) in [6.07, 6.45) is 7.41. The van der Waals surface area contributed by atoms with Crippen molar-refractivity contribution in [3.63, 3.8) is 0 Å². The van der Waals surface area contributed by atoms with Crippen molar-refractivity contribution < 1.29 is 9.53 Å². The van der Waals surface area contributed by atoms with E-state index in [9.17, 15) is 4.79 Å². The van der Waals surface area contributed by atoms with Crippen LogP contribution in [0, 0.1) is 11.8 Å². The number of piperidine rings is 1. The molecule has 2 fully saturated rings. The van der Waals surface area contributed by atoms with Gasteiger partial charge >= 0.3 is 6.09 Å². The van der Waals surface area contributed by atoms with Gasteiger partial charge in [-0.3, -0.25) is 0 Å². The molecular weight excluding hydrogens is 288 g/mol. The first-order valence-electron chi connectivity index (χ1n) is 9.50. The Balaban J connectivity index is 1.89. The first-order chi connectivity index (χ1) is 10.8. The molecule has 0 aromatic heterocycles. The summed E-state index contributed by atoms with van der Waals surface area (Å²) in [6, 6.07) is 1.04. The highest BCUT2D eigenvalue weighted by atomic mass is 16.6. The second kappa shape index (κ2) is 7.87. The molecule has 0 bridgehead atoms. The summed E-state index contributed by atoms with van der Waals surface area (Å²) < 4.78 is 5.53. The minimum atomic E-state index is -0.413. The lowest BCUT2D eigenvalue weighted by atomic mass is 9.77. The molecule has 0 aromatic carbocycles. The highest BCUT2D eigenvalue weighted by Crippen LogP contribution is 2.31. The molecule has 23 heavy (non-hydrogen) atoms. The Kier molecular flexibility index (Phi) is 6.35. The van der Waals surface area contributed by atoms with E-state index in [0.29, 0.717) is 12.1 Å². The molecule has 1 aliphatic carbocycles. The molecule has 2 rings (SSSR count). The Bertz CT molecular complexity index is 389. The van der Waals surface area contributed by atoms with E-state index in [1.54, 1.807) is 0 Å². The lowest BCUT2D eigenvalue weighted by Crippen LogP contribution is -2.54. The SMILES string of the molecule is CC(C)C1CCCCC1NC1CCCN(C(=O)OC(C)(C)C)C1. The Morgan fingerprint density at radius 1 is 1.13 bits per heavy atom. The molecule has 1 saturated carbocycles. The summed E-state index contributed by atoms with van der Waals surface area (Å²) in [5, 5.41) is 3.89. The van der Waals surface area contributed by atoms with Crippen LogP contribution in [0.15, 0.2) is 0 Å². The number of ether oxygens (including phenoxy) is 1. The molecule has 4 heteroatoms. The van der Waals surface area contributed by atoms with Gasteiger partial charge in [0, 0.05) is 25.2 Å². The van der Waals surface area contributed by atoms with E-state index in [0.717, 1.165) is 31.3 Å². The van der Waals surface area contributed by atoms with Gasteiger partial charge in [-0.15, -0.1) is 0 Å². The van der Waals surface area contributed by atoms with Crippen LogP contribution in [0.1, 0.15) is 73.1 Å². The molecule has 1 heterocycles. The third kappa shape index (κ3) is 5.66. The van der Waals surface area contributed by atoms with Gasteiger partial charge in [-0.25, -0.2) is 4.79 Å². The van der Waals surface area contributed by atoms with Crippen LogP contribution in [0.25, 0.3) is 0 Å². The fraction of sp³-hybridized carbons (Fsp3) is 0.947. The number of carbonyl (C=O) groups excluding carboxylic acids is 1. The fourth-order valence-electron chi connectivity index (χ4n) is 4.07. The second-order valence-electron chi connectivity index (χ2n) is 8.73. The molecule has 2 aliphatic rings. The number of amides is 1. The van der Waals surface area contributed by atoms with Gasteiger partial charge in [0.05, 0.1) is 0 Å². The van der Waals surface area contributed by atoms with Crippen molar-refractivity contribution in [1.29, 1.82) is 0 Å². The molecule has 3 atom stereocenters. The summed E-state index contributed by atoms with van der Waals surface area (Å²) in [4.78, 5) is 14.2. The van der Waals surface area contributed by atoms with Crippen molar-refractivity contribution in [2.45, 2.75) is 90.8 Å². The summed E-state index contributed by atoms with van der Waals surface area (Å²) in [6.45, 7) is 12.1. The zero-order valence-electron chi connectivity index (χ0n) is 15.7. The third-order valence-electron chi connectivity index (χ3n) is 5.20. The number of hydrogen-bond donors (Lipinski definition) is 1. The van der Waals surface area contributed by atoms with Gasteiger partial charge in [0.1, 0.15) is 5.60 Å². The van der Waals surface area contributed by atoms with Crippen LogP contribution in [-0.2, 0) is 4.74 Å². The average molecular weight is 325 g/mol. The van der Waals surface area contributed by atoms with Crippen LogP contribution >= 0.6 is 0 Å². The summed E-state index contributed by atoms with van der Waals surface area (Å²) in [5.41, 5.74) is -0.413. The summed E-state index contributed by atoms with van der Waals surface area (Å²) in [7, 11) is 0. The maximum Gasteiger partial charge on any atom is 0.410 e. The van der Waals surface area contributed by atoms with Gasteiger partial charge in [0.25, 0.3) is 0 Å². The van der Waals surface area contributed by atoms with Crippen molar-refractivity contribution in [2.75, 3.05) is 13.1 Å². The standard InChI is InChI=1S/C19H36N2O2/c1-14(2)16-10-6-7-11-17(16)20-15-9-8-12-21(13-15)18(22)23-19(3,4)5/h14-17,20H,6-13H2,1-5H3. The quantitative estimate of drug-likeness (QED) is 0.846. The molecule has 134 valence electrons. The van der Waals surface area contributed by atoms with Gasteiger partial charge in [-0.1, -0.05) is 26.7 Å². The Morgan fingerprint density at radius 2 is 1.83 bits per heavy atom. The van der Waals surface area contributed by atoms with Crippen LogP contribution in [0.4, 0.5) is 4.79 Å². The molecule has 1 N–H and O–H groups in total. The predicted molar refractivity (Wildman–Crippen MR) is 94.5 cm³/mol. The minimum Gasteiger partial charge on any atom is -0.444 e. The zero-order valence-corrected chi connectivity index (χ0v) is 15.7. The first-order valence-corrected chi connectivity index (χ1v) is 9.50. The maximum atomic E-state index is 12.3. The van der Waals surface area contributed by atoms with E-state index in [2.05, 4.69) is 19.2 Å². The first kappa shape index (κ1) is 18.6. The molecule has 3 unspecified atom stereocenters. The van der Waals surface area contributed by atoms with Crippen LogP contribution in [0.5, 0.6) is 0 Å².